The highest BCUT2D eigenvalue weighted by Crippen LogP contribution is 2.31. The molecule has 25 heavy (non-hydrogen) atoms. The van der Waals surface area contributed by atoms with Gasteiger partial charge in [-0.1, -0.05) is 68.3 Å². The Labute approximate surface area is 165 Å². The van der Waals surface area contributed by atoms with Crippen molar-refractivity contribution in [2.24, 2.45) is 0 Å². The maximum atomic E-state index is 12.3. The third kappa shape index (κ3) is 5.47. The molecule has 0 aliphatic carbocycles. The average Bonchev–Trinajstić information content (AvgIpc) is 2.67. The van der Waals surface area contributed by atoms with Crippen LogP contribution >= 0.6 is 31.9 Å². The standard InChI is InChI=1S/C19H21Br2NO3/c1-24-15-9-8-13(12-16(15)25-2)10-11-22-19(23)18(21)17(20)14-6-4-3-5-7-14/h3-9,12,17-18H,10-11H2,1-2H3,(H,22,23)/t17-,18+/m0/s1. The van der Waals surface area contributed by atoms with Gasteiger partial charge < -0.3 is 14.8 Å². The predicted molar refractivity (Wildman–Crippen MR) is 107 cm³/mol. The lowest BCUT2D eigenvalue weighted by molar-refractivity contribution is -0.120. The molecule has 2 aromatic rings. The van der Waals surface area contributed by atoms with E-state index in [0.717, 1.165) is 11.1 Å². The van der Waals surface area contributed by atoms with Crippen LogP contribution in [-0.4, -0.2) is 31.5 Å². The highest BCUT2D eigenvalue weighted by Gasteiger charge is 2.24. The number of hydrogen-bond acceptors (Lipinski definition) is 3. The molecular formula is C19H21Br2NO3. The molecule has 0 aliphatic heterocycles. The van der Waals surface area contributed by atoms with Crippen molar-refractivity contribution in [3.05, 3.63) is 59.7 Å². The summed E-state index contributed by atoms with van der Waals surface area (Å²) in [6, 6.07) is 15.6. The zero-order chi connectivity index (χ0) is 18.2. The summed E-state index contributed by atoms with van der Waals surface area (Å²) in [5.74, 6) is 1.33. The van der Waals surface area contributed by atoms with Gasteiger partial charge in [0.25, 0.3) is 0 Å². The van der Waals surface area contributed by atoms with E-state index < -0.39 is 0 Å². The number of alkyl halides is 2. The zero-order valence-electron chi connectivity index (χ0n) is 14.2. The lowest BCUT2D eigenvalue weighted by Crippen LogP contribution is -2.34. The Morgan fingerprint density at radius 3 is 2.36 bits per heavy atom. The second kappa shape index (κ2) is 9.82. The molecule has 0 heterocycles. The molecule has 6 heteroatoms. The van der Waals surface area contributed by atoms with E-state index in [9.17, 15) is 4.79 Å². The SMILES string of the molecule is COc1ccc(CCNC(=O)[C@H](Br)[C@@H](Br)c2ccccc2)cc1OC. The van der Waals surface area contributed by atoms with Crippen LogP contribution in [0.5, 0.6) is 11.5 Å². The minimum Gasteiger partial charge on any atom is -0.493 e. The third-order valence-corrected chi connectivity index (χ3v) is 6.50. The lowest BCUT2D eigenvalue weighted by atomic mass is 10.1. The highest BCUT2D eigenvalue weighted by atomic mass is 79.9. The second-order valence-corrected chi connectivity index (χ2v) is 7.42. The Bertz CT molecular complexity index is 694. The number of benzene rings is 2. The Balaban J connectivity index is 1.87. The first-order valence-corrected chi connectivity index (χ1v) is 9.71. The molecule has 0 saturated heterocycles. The van der Waals surface area contributed by atoms with Gasteiger partial charge in [-0.25, -0.2) is 0 Å². The van der Waals surface area contributed by atoms with Gasteiger partial charge in [0.05, 0.1) is 19.0 Å². The number of carbonyl (C=O) groups excluding carboxylic acids is 1. The number of carbonyl (C=O) groups is 1. The van der Waals surface area contributed by atoms with Crippen molar-refractivity contribution in [3.8, 4) is 11.5 Å². The number of methoxy groups -OCH3 is 2. The van der Waals surface area contributed by atoms with Crippen molar-refractivity contribution in [1.82, 2.24) is 5.32 Å². The molecule has 1 N–H and O–H groups in total. The van der Waals surface area contributed by atoms with Gasteiger partial charge >= 0.3 is 0 Å². The van der Waals surface area contributed by atoms with E-state index in [1.165, 1.54) is 0 Å². The van der Waals surface area contributed by atoms with Crippen LogP contribution in [0.1, 0.15) is 16.0 Å². The van der Waals surface area contributed by atoms with Gasteiger partial charge in [0.2, 0.25) is 5.91 Å². The molecule has 2 rings (SSSR count). The molecule has 0 bridgehead atoms. The van der Waals surface area contributed by atoms with Crippen LogP contribution in [0, 0.1) is 0 Å². The molecular weight excluding hydrogens is 450 g/mol. The summed E-state index contributed by atoms with van der Waals surface area (Å²) in [5.41, 5.74) is 2.13. The molecule has 0 saturated carbocycles. The zero-order valence-corrected chi connectivity index (χ0v) is 17.3. The Kier molecular flexibility index (Phi) is 7.78. The van der Waals surface area contributed by atoms with E-state index in [1.807, 2.05) is 48.5 Å². The normalized spacial score (nSPS) is 13.0. The number of hydrogen-bond donors (Lipinski definition) is 1. The molecule has 0 aromatic heterocycles. The number of nitrogens with one attached hydrogen (secondary N) is 1. The quantitative estimate of drug-likeness (QED) is 0.586. The summed E-state index contributed by atoms with van der Waals surface area (Å²) in [6.45, 7) is 0.547. The molecule has 134 valence electrons. The monoisotopic (exact) mass is 469 g/mol. The summed E-state index contributed by atoms with van der Waals surface area (Å²) in [4.78, 5) is 11.9. The second-order valence-electron chi connectivity index (χ2n) is 5.44. The first-order chi connectivity index (χ1) is 12.1. The van der Waals surface area contributed by atoms with Crippen molar-refractivity contribution in [2.75, 3.05) is 20.8 Å². The van der Waals surface area contributed by atoms with E-state index in [4.69, 9.17) is 9.47 Å². The van der Waals surface area contributed by atoms with Crippen LogP contribution in [0.2, 0.25) is 0 Å². The van der Waals surface area contributed by atoms with Crippen LogP contribution in [0.25, 0.3) is 0 Å². The summed E-state index contributed by atoms with van der Waals surface area (Å²) >= 11 is 7.06. The maximum absolute atomic E-state index is 12.3. The van der Waals surface area contributed by atoms with Gasteiger partial charge in [0, 0.05) is 6.54 Å². The molecule has 0 unspecified atom stereocenters. The van der Waals surface area contributed by atoms with E-state index in [2.05, 4.69) is 37.2 Å². The first-order valence-electron chi connectivity index (χ1n) is 7.88. The Morgan fingerprint density at radius 2 is 1.72 bits per heavy atom. The molecule has 2 aromatic carbocycles. The fourth-order valence-corrected chi connectivity index (χ4v) is 3.41. The summed E-state index contributed by atoms with van der Waals surface area (Å²) in [7, 11) is 3.22. The predicted octanol–water partition coefficient (Wildman–Crippen LogP) is 4.26. The van der Waals surface area contributed by atoms with Crippen LogP contribution < -0.4 is 14.8 Å². The van der Waals surface area contributed by atoms with Gasteiger partial charge in [-0.05, 0) is 29.7 Å². The molecule has 1 amide bonds. The minimum atomic E-state index is -0.347. The molecule has 4 nitrogen and oxygen atoms in total. The van der Waals surface area contributed by atoms with Crippen LogP contribution in [0.4, 0.5) is 0 Å². The van der Waals surface area contributed by atoms with Crippen molar-refractivity contribution >= 4 is 37.8 Å². The van der Waals surface area contributed by atoms with Crippen molar-refractivity contribution in [3.63, 3.8) is 0 Å². The van der Waals surface area contributed by atoms with Crippen LogP contribution in [0.15, 0.2) is 48.5 Å². The van der Waals surface area contributed by atoms with Crippen molar-refractivity contribution in [1.29, 1.82) is 0 Å². The smallest absolute Gasteiger partial charge is 0.235 e. The van der Waals surface area contributed by atoms with Gasteiger partial charge in [-0.15, -0.1) is 0 Å². The minimum absolute atomic E-state index is 0.0498. The van der Waals surface area contributed by atoms with E-state index in [0.29, 0.717) is 24.5 Å². The van der Waals surface area contributed by atoms with Crippen LogP contribution in [0.3, 0.4) is 0 Å². The average molecular weight is 471 g/mol. The Morgan fingerprint density at radius 1 is 1.04 bits per heavy atom. The largest absolute Gasteiger partial charge is 0.493 e. The van der Waals surface area contributed by atoms with Crippen molar-refractivity contribution in [2.45, 2.75) is 16.1 Å². The van der Waals surface area contributed by atoms with Gasteiger partial charge in [0.15, 0.2) is 11.5 Å². The van der Waals surface area contributed by atoms with E-state index in [1.54, 1.807) is 14.2 Å². The van der Waals surface area contributed by atoms with Gasteiger partial charge in [-0.2, -0.15) is 0 Å². The molecule has 0 fully saturated rings. The molecule has 0 spiro atoms. The first kappa shape index (κ1) is 19.8. The summed E-state index contributed by atoms with van der Waals surface area (Å²) in [6.07, 6.45) is 0.712. The lowest BCUT2D eigenvalue weighted by Gasteiger charge is -2.17. The molecule has 0 aliphatic rings. The van der Waals surface area contributed by atoms with Crippen LogP contribution in [-0.2, 0) is 11.2 Å². The number of halogens is 2. The number of rotatable bonds is 8. The highest BCUT2D eigenvalue weighted by molar-refractivity contribution is 9.12. The fraction of sp³-hybridized carbons (Fsp3) is 0.316. The Hall–Kier alpha value is -1.53. The summed E-state index contributed by atoms with van der Waals surface area (Å²) in [5, 5.41) is 2.96. The topological polar surface area (TPSA) is 47.6 Å². The van der Waals surface area contributed by atoms with E-state index in [-0.39, 0.29) is 15.6 Å². The van der Waals surface area contributed by atoms with Gasteiger partial charge in [0.1, 0.15) is 4.83 Å². The number of amides is 1. The van der Waals surface area contributed by atoms with Crippen molar-refractivity contribution < 1.29 is 14.3 Å². The summed E-state index contributed by atoms with van der Waals surface area (Å²) < 4.78 is 10.5. The molecule has 2 atom stereocenters. The number of ether oxygens (including phenoxy) is 2. The fourth-order valence-electron chi connectivity index (χ4n) is 2.40. The van der Waals surface area contributed by atoms with Gasteiger partial charge in [-0.3, -0.25) is 4.79 Å². The third-order valence-electron chi connectivity index (χ3n) is 3.79. The van der Waals surface area contributed by atoms with E-state index >= 15 is 0 Å². The maximum Gasteiger partial charge on any atom is 0.235 e. The molecule has 0 radical (unpaired) electrons.